The Morgan fingerprint density at radius 1 is 1.07 bits per heavy atom. The number of pyridine rings is 1. The zero-order valence-corrected chi connectivity index (χ0v) is 23.6. The minimum absolute atomic E-state index is 0.143. The largest absolute Gasteiger partial charge is 0.493 e. The summed E-state index contributed by atoms with van der Waals surface area (Å²) in [4.78, 5) is 36.8. The highest BCUT2D eigenvalue weighted by molar-refractivity contribution is 5.93. The first-order chi connectivity index (χ1) is 19.9. The highest BCUT2D eigenvalue weighted by Gasteiger charge is 2.38. The highest BCUT2D eigenvalue weighted by atomic mass is 19.4. The van der Waals surface area contributed by atoms with Crippen LogP contribution in [0.3, 0.4) is 0 Å². The fourth-order valence-corrected chi connectivity index (χ4v) is 4.26. The summed E-state index contributed by atoms with van der Waals surface area (Å²) in [5, 5.41) is 13.6. The van der Waals surface area contributed by atoms with Crippen LogP contribution < -0.4 is 25.0 Å². The van der Waals surface area contributed by atoms with Gasteiger partial charge in [0, 0.05) is 50.7 Å². The van der Waals surface area contributed by atoms with Crippen molar-refractivity contribution in [2.75, 3.05) is 38.0 Å². The number of methoxy groups -OCH3 is 1. The number of carbonyl (C=O) groups is 2. The lowest BCUT2D eigenvalue weighted by Crippen LogP contribution is -2.29. The molecule has 2 aromatic heterocycles. The Bertz CT molecular complexity index is 1350. The van der Waals surface area contributed by atoms with Crippen LogP contribution in [0.15, 0.2) is 48.8 Å². The molecule has 14 heteroatoms. The van der Waals surface area contributed by atoms with Crippen LogP contribution in [0.25, 0.3) is 0 Å². The van der Waals surface area contributed by atoms with Crippen molar-refractivity contribution in [3.05, 3.63) is 59.9 Å². The van der Waals surface area contributed by atoms with Crippen molar-refractivity contribution in [3.63, 3.8) is 0 Å². The quantitative estimate of drug-likeness (QED) is 0.322. The fraction of sp³-hybridized carbons (Fsp3) is 0.393. The van der Waals surface area contributed by atoms with Crippen LogP contribution in [0.4, 0.5) is 24.9 Å². The lowest BCUT2D eigenvalue weighted by Gasteiger charge is -2.18. The van der Waals surface area contributed by atoms with Crippen molar-refractivity contribution < 1.29 is 37.3 Å². The molecule has 42 heavy (non-hydrogen) atoms. The number of halogens is 3. The molecule has 3 N–H and O–H groups in total. The molecule has 4 rings (SSSR count). The first kappa shape index (κ1) is 31.9. The van der Waals surface area contributed by atoms with E-state index in [2.05, 4.69) is 25.6 Å². The molecule has 0 unspecified atom stereocenters. The Balaban J connectivity index is 0.000000616. The predicted molar refractivity (Wildman–Crippen MR) is 149 cm³/mol. The second kappa shape index (κ2) is 14.3. The van der Waals surface area contributed by atoms with E-state index in [9.17, 15) is 18.0 Å². The molecule has 1 aromatic carbocycles. The zero-order valence-electron chi connectivity index (χ0n) is 23.6. The number of carboxylic acid groups (broad SMARTS) is 1. The summed E-state index contributed by atoms with van der Waals surface area (Å²) in [5.41, 5.74) is 1.54. The predicted octanol–water partition coefficient (Wildman–Crippen LogP) is 4.69. The Morgan fingerprint density at radius 3 is 2.36 bits per heavy atom. The fourth-order valence-electron chi connectivity index (χ4n) is 4.26. The Kier molecular flexibility index (Phi) is 10.9. The molecule has 3 aromatic rings. The van der Waals surface area contributed by atoms with Gasteiger partial charge in [-0.2, -0.15) is 18.2 Å². The molecule has 226 valence electrons. The highest BCUT2D eigenvalue weighted by Crippen LogP contribution is 2.30. The first-order valence-corrected chi connectivity index (χ1v) is 13.0. The van der Waals surface area contributed by atoms with Crippen LogP contribution in [-0.4, -0.2) is 71.9 Å². The number of rotatable bonds is 9. The lowest BCUT2D eigenvalue weighted by atomic mass is 10.1. The number of anilines is 2. The standard InChI is InChI=1S/C26H32N6O3.C2HF3O2/c1-17-14-29-26(31-24(17)32(2)3)30-20-11-9-18(13-20)15-28-25(33)19-10-12-23(27-16-19)35-22-8-6-5-7-21(22)34-4;3-2(4,5)1(6)7/h5-8,10,12,14,16,18,20H,9,11,13,15H2,1-4H3,(H,28,33)(H,29,30,31);(H,6,7)/t18-,20+;/m1./s1. The number of ether oxygens (including phenoxy) is 2. The molecule has 0 aliphatic heterocycles. The molecular weight excluding hydrogens is 557 g/mol. The van der Waals surface area contributed by atoms with E-state index in [0.717, 1.165) is 30.6 Å². The van der Waals surface area contributed by atoms with Crippen molar-refractivity contribution in [3.8, 4) is 17.4 Å². The number of carbonyl (C=O) groups excluding carboxylic acids is 1. The molecule has 2 heterocycles. The smallest absolute Gasteiger partial charge is 0.490 e. The van der Waals surface area contributed by atoms with E-state index in [1.807, 2.05) is 50.3 Å². The summed E-state index contributed by atoms with van der Waals surface area (Å²) in [7, 11) is 5.54. The number of benzene rings is 1. The van der Waals surface area contributed by atoms with Gasteiger partial charge in [-0.15, -0.1) is 0 Å². The average Bonchev–Trinajstić information content (AvgIpc) is 3.40. The maximum atomic E-state index is 12.6. The molecule has 0 bridgehead atoms. The summed E-state index contributed by atoms with van der Waals surface area (Å²) in [6.45, 7) is 2.62. The van der Waals surface area contributed by atoms with Gasteiger partial charge in [-0.05, 0) is 50.3 Å². The normalized spacial score (nSPS) is 16.1. The summed E-state index contributed by atoms with van der Waals surface area (Å²) >= 11 is 0. The minimum atomic E-state index is -5.08. The molecule has 0 spiro atoms. The van der Waals surface area contributed by atoms with Gasteiger partial charge in [-0.1, -0.05) is 12.1 Å². The molecule has 1 amide bonds. The van der Waals surface area contributed by atoms with Crippen LogP contribution in [0.1, 0.15) is 35.2 Å². The maximum absolute atomic E-state index is 12.6. The Hall–Kier alpha value is -4.62. The maximum Gasteiger partial charge on any atom is 0.490 e. The lowest BCUT2D eigenvalue weighted by molar-refractivity contribution is -0.192. The molecular formula is C28H33F3N6O5. The van der Waals surface area contributed by atoms with Crippen molar-refractivity contribution in [2.24, 2.45) is 5.92 Å². The van der Waals surface area contributed by atoms with Gasteiger partial charge in [0.05, 0.1) is 12.7 Å². The molecule has 1 aliphatic carbocycles. The van der Waals surface area contributed by atoms with Gasteiger partial charge in [0.25, 0.3) is 5.91 Å². The van der Waals surface area contributed by atoms with Crippen molar-refractivity contribution >= 4 is 23.6 Å². The number of aromatic nitrogens is 3. The monoisotopic (exact) mass is 590 g/mol. The number of hydrogen-bond donors (Lipinski definition) is 3. The number of amides is 1. The van der Waals surface area contributed by atoms with E-state index < -0.39 is 12.1 Å². The second-order valence-corrected chi connectivity index (χ2v) is 9.77. The van der Waals surface area contributed by atoms with Gasteiger partial charge in [0.1, 0.15) is 5.82 Å². The summed E-state index contributed by atoms with van der Waals surface area (Å²) in [6, 6.07) is 11.0. The number of aliphatic carboxylic acids is 1. The third-order valence-electron chi connectivity index (χ3n) is 6.32. The number of nitrogens with zero attached hydrogens (tertiary/aromatic N) is 4. The number of aryl methyl sites for hydroxylation is 1. The summed E-state index contributed by atoms with van der Waals surface area (Å²) < 4.78 is 42.8. The molecule has 0 radical (unpaired) electrons. The second-order valence-electron chi connectivity index (χ2n) is 9.77. The third-order valence-corrected chi connectivity index (χ3v) is 6.32. The molecule has 0 saturated heterocycles. The van der Waals surface area contributed by atoms with E-state index in [-0.39, 0.29) is 5.91 Å². The number of nitrogens with one attached hydrogen (secondary N) is 2. The van der Waals surface area contributed by atoms with Crippen molar-refractivity contribution in [1.29, 1.82) is 0 Å². The van der Waals surface area contributed by atoms with E-state index in [0.29, 0.717) is 47.4 Å². The zero-order chi connectivity index (χ0) is 30.9. The minimum Gasteiger partial charge on any atom is -0.493 e. The van der Waals surface area contributed by atoms with Crippen LogP contribution in [0.2, 0.25) is 0 Å². The Labute approximate surface area is 241 Å². The summed E-state index contributed by atoms with van der Waals surface area (Å²) in [5.74, 6) is 0.643. The van der Waals surface area contributed by atoms with E-state index in [1.54, 1.807) is 25.3 Å². The van der Waals surface area contributed by atoms with Gasteiger partial charge in [-0.3, -0.25) is 4.79 Å². The topological polar surface area (TPSA) is 139 Å². The molecule has 1 aliphatic rings. The van der Waals surface area contributed by atoms with Crippen molar-refractivity contribution in [1.82, 2.24) is 20.3 Å². The Morgan fingerprint density at radius 2 is 1.76 bits per heavy atom. The van der Waals surface area contributed by atoms with Gasteiger partial charge in [0.2, 0.25) is 11.8 Å². The van der Waals surface area contributed by atoms with Gasteiger partial charge >= 0.3 is 12.1 Å². The van der Waals surface area contributed by atoms with Gasteiger partial charge in [0.15, 0.2) is 11.5 Å². The van der Waals surface area contributed by atoms with E-state index in [1.165, 1.54) is 6.20 Å². The van der Waals surface area contributed by atoms with Crippen LogP contribution in [0.5, 0.6) is 17.4 Å². The van der Waals surface area contributed by atoms with Gasteiger partial charge < -0.3 is 30.1 Å². The van der Waals surface area contributed by atoms with Crippen LogP contribution in [-0.2, 0) is 4.79 Å². The van der Waals surface area contributed by atoms with Crippen LogP contribution >= 0.6 is 0 Å². The van der Waals surface area contributed by atoms with Crippen molar-refractivity contribution in [2.45, 2.75) is 38.4 Å². The van der Waals surface area contributed by atoms with E-state index in [4.69, 9.17) is 19.4 Å². The average molecular weight is 591 g/mol. The number of hydrogen-bond acceptors (Lipinski definition) is 9. The number of para-hydroxylation sites is 2. The molecule has 2 atom stereocenters. The third kappa shape index (κ3) is 9.21. The molecule has 1 fully saturated rings. The van der Waals surface area contributed by atoms with Crippen LogP contribution in [0, 0.1) is 12.8 Å². The summed E-state index contributed by atoms with van der Waals surface area (Å²) in [6.07, 6.45) is 1.30. The number of alkyl halides is 3. The molecule has 11 nitrogen and oxygen atoms in total. The first-order valence-electron chi connectivity index (χ1n) is 13.0. The SMILES string of the molecule is COc1ccccc1Oc1ccc(C(=O)NC[C@@H]2CC[C@H](Nc3ncc(C)c(N(C)C)n3)C2)cn1.O=C(O)C(F)(F)F. The number of carboxylic acids is 1. The molecule has 1 saturated carbocycles. The van der Waals surface area contributed by atoms with E-state index >= 15 is 0 Å². The van der Waals surface area contributed by atoms with Gasteiger partial charge in [-0.25, -0.2) is 14.8 Å².